The summed E-state index contributed by atoms with van der Waals surface area (Å²) in [7, 11) is 2.00. The lowest BCUT2D eigenvalue weighted by Crippen LogP contribution is -2.38. The molecule has 1 fully saturated rings. The predicted molar refractivity (Wildman–Crippen MR) is 92.7 cm³/mol. The van der Waals surface area contributed by atoms with Crippen LogP contribution >= 0.6 is 0 Å². The van der Waals surface area contributed by atoms with E-state index < -0.39 is 0 Å². The maximum Gasteiger partial charge on any atom is 0.131 e. The van der Waals surface area contributed by atoms with Crippen molar-refractivity contribution in [2.75, 3.05) is 31.2 Å². The van der Waals surface area contributed by atoms with Gasteiger partial charge in [0.2, 0.25) is 0 Å². The molecule has 0 bridgehead atoms. The summed E-state index contributed by atoms with van der Waals surface area (Å²) < 4.78 is 7.42. The highest BCUT2D eigenvalue weighted by molar-refractivity contribution is 5.50. The molecule has 1 saturated heterocycles. The van der Waals surface area contributed by atoms with Gasteiger partial charge in [-0.15, -0.1) is 0 Å². The second kappa shape index (κ2) is 7.47. The summed E-state index contributed by atoms with van der Waals surface area (Å²) in [6.07, 6.45) is 0. The number of benzene rings is 1. The van der Waals surface area contributed by atoms with Gasteiger partial charge in [-0.05, 0) is 24.6 Å². The molecule has 6 heteroatoms. The van der Waals surface area contributed by atoms with Crippen molar-refractivity contribution in [1.29, 1.82) is 5.26 Å². The third-order valence-electron chi connectivity index (χ3n) is 4.31. The molecule has 1 N–H and O–H groups in total. The van der Waals surface area contributed by atoms with Crippen molar-refractivity contribution < 1.29 is 4.74 Å². The van der Waals surface area contributed by atoms with E-state index in [1.54, 1.807) is 0 Å². The zero-order chi connectivity index (χ0) is 16.9. The van der Waals surface area contributed by atoms with Crippen LogP contribution in [-0.4, -0.2) is 36.1 Å². The van der Waals surface area contributed by atoms with Gasteiger partial charge in [0.15, 0.2) is 0 Å². The van der Waals surface area contributed by atoms with Crippen LogP contribution in [0.5, 0.6) is 0 Å². The number of morpholine rings is 1. The molecular formula is C18H23N5O. The standard InChI is InChI=1S/C18H23N5O/c1-14-17(13-20-12-16-5-3-4-15(10-16)11-19)18(22(2)21-14)23-6-8-24-9-7-23/h3-5,10,20H,6-9,12-13H2,1-2H3. The van der Waals surface area contributed by atoms with Crippen molar-refractivity contribution in [3.8, 4) is 6.07 Å². The minimum absolute atomic E-state index is 0.695. The molecule has 2 heterocycles. The molecule has 0 spiro atoms. The van der Waals surface area contributed by atoms with Crippen molar-refractivity contribution in [2.45, 2.75) is 20.0 Å². The summed E-state index contributed by atoms with van der Waals surface area (Å²) in [5.41, 5.74) is 4.09. The van der Waals surface area contributed by atoms with Crippen molar-refractivity contribution in [2.24, 2.45) is 7.05 Å². The molecule has 3 rings (SSSR count). The summed E-state index contributed by atoms with van der Waals surface area (Å²) in [6, 6.07) is 9.88. The normalized spacial score (nSPS) is 14.6. The quantitative estimate of drug-likeness (QED) is 0.907. The molecule has 2 aromatic rings. The fraction of sp³-hybridized carbons (Fsp3) is 0.444. The Kier molecular flexibility index (Phi) is 5.14. The maximum atomic E-state index is 8.99. The lowest BCUT2D eigenvalue weighted by atomic mass is 10.1. The molecule has 1 aliphatic heterocycles. The van der Waals surface area contributed by atoms with Crippen LogP contribution in [0.3, 0.4) is 0 Å². The third kappa shape index (κ3) is 3.58. The van der Waals surface area contributed by atoms with Crippen molar-refractivity contribution in [3.05, 3.63) is 46.6 Å². The van der Waals surface area contributed by atoms with E-state index in [4.69, 9.17) is 10.00 Å². The summed E-state index contributed by atoms with van der Waals surface area (Å²) in [6.45, 7) is 6.86. The number of rotatable bonds is 5. The molecule has 0 aliphatic carbocycles. The number of nitrogens with one attached hydrogen (secondary N) is 1. The fourth-order valence-corrected chi connectivity index (χ4v) is 3.15. The highest BCUT2D eigenvalue weighted by atomic mass is 16.5. The van der Waals surface area contributed by atoms with Gasteiger partial charge in [0.05, 0.1) is 30.5 Å². The number of anilines is 1. The van der Waals surface area contributed by atoms with Crippen LogP contribution in [0.1, 0.15) is 22.4 Å². The van der Waals surface area contributed by atoms with Gasteiger partial charge < -0.3 is 15.0 Å². The van der Waals surface area contributed by atoms with Gasteiger partial charge in [0.1, 0.15) is 5.82 Å². The van der Waals surface area contributed by atoms with Crippen LogP contribution in [0, 0.1) is 18.3 Å². The Morgan fingerprint density at radius 1 is 1.29 bits per heavy atom. The number of nitriles is 1. The summed E-state index contributed by atoms with van der Waals surface area (Å²) >= 11 is 0. The molecule has 0 unspecified atom stereocenters. The minimum Gasteiger partial charge on any atom is -0.378 e. The molecular weight excluding hydrogens is 302 g/mol. The summed E-state index contributed by atoms with van der Waals surface area (Å²) in [5.74, 6) is 1.18. The Labute approximate surface area is 142 Å². The van der Waals surface area contributed by atoms with E-state index in [-0.39, 0.29) is 0 Å². The number of hydrogen-bond acceptors (Lipinski definition) is 5. The lowest BCUT2D eigenvalue weighted by molar-refractivity contribution is 0.122. The Morgan fingerprint density at radius 3 is 2.83 bits per heavy atom. The van der Waals surface area contributed by atoms with Gasteiger partial charge in [-0.25, -0.2) is 0 Å². The molecule has 1 aromatic heterocycles. The number of hydrogen-bond donors (Lipinski definition) is 1. The highest BCUT2D eigenvalue weighted by Crippen LogP contribution is 2.24. The lowest BCUT2D eigenvalue weighted by Gasteiger charge is -2.29. The van der Waals surface area contributed by atoms with E-state index in [1.807, 2.05) is 36.0 Å². The first-order valence-electron chi connectivity index (χ1n) is 8.24. The van der Waals surface area contributed by atoms with E-state index in [1.165, 1.54) is 11.4 Å². The number of aryl methyl sites for hydroxylation is 2. The van der Waals surface area contributed by atoms with Crippen LogP contribution in [-0.2, 0) is 24.9 Å². The van der Waals surface area contributed by atoms with Crippen molar-refractivity contribution >= 4 is 5.82 Å². The smallest absolute Gasteiger partial charge is 0.131 e. The zero-order valence-corrected chi connectivity index (χ0v) is 14.2. The van der Waals surface area contributed by atoms with Gasteiger partial charge in [-0.1, -0.05) is 12.1 Å². The van der Waals surface area contributed by atoms with Gasteiger partial charge in [-0.2, -0.15) is 10.4 Å². The Hall–Kier alpha value is -2.36. The van der Waals surface area contributed by atoms with Gasteiger partial charge in [-0.3, -0.25) is 4.68 Å². The van der Waals surface area contributed by atoms with E-state index in [0.717, 1.165) is 50.7 Å². The molecule has 126 valence electrons. The number of ether oxygens (including phenoxy) is 1. The first-order valence-corrected chi connectivity index (χ1v) is 8.24. The fourth-order valence-electron chi connectivity index (χ4n) is 3.15. The van der Waals surface area contributed by atoms with Crippen LogP contribution in [0.15, 0.2) is 24.3 Å². The Morgan fingerprint density at radius 2 is 2.08 bits per heavy atom. The number of aromatic nitrogens is 2. The monoisotopic (exact) mass is 325 g/mol. The Bertz CT molecular complexity index is 740. The van der Waals surface area contributed by atoms with E-state index in [9.17, 15) is 0 Å². The van der Waals surface area contributed by atoms with E-state index in [2.05, 4.69) is 28.3 Å². The van der Waals surface area contributed by atoms with Crippen LogP contribution < -0.4 is 10.2 Å². The van der Waals surface area contributed by atoms with Crippen LogP contribution in [0.25, 0.3) is 0 Å². The minimum atomic E-state index is 0.695. The van der Waals surface area contributed by atoms with Gasteiger partial charge in [0.25, 0.3) is 0 Å². The third-order valence-corrected chi connectivity index (χ3v) is 4.31. The van der Waals surface area contributed by atoms with Crippen molar-refractivity contribution in [1.82, 2.24) is 15.1 Å². The second-order valence-electron chi connectivity index (χ2n) is 6.03. The molecule has 0 saturated carbocycles. The maximum absolute atomic E-state index is 8.99. The first-order chi connectivity index (χ1) is 11.7. The Balaban J connectivity index is 1.69. The molecule has 24 heavy (non-hydrogen) atoms. The molecule has 1 aromatic carbocycles. The molecule has 0 atom stereocenters. The topological polar surface area (TPSA) is 66.1 Å². The van der Waals surface area contributed by atoms with E-state index in [0.29, 0.717) is 5.56 Å². The molecule has 1 aliphatic rings. The highest BCUT2D eigenvalue weighted by Gasteiger charge is 2.20. The van der Waals surface area contributed by atoms with Crippen LogP contribution in [0.2, 0.25) is 0 Å². The average Bonchev–Trinajstić information content (AvgIpc) is 2.89. The van der Waals surface area contributed by atoms with Gasteiger partial charge in [0, 0.05) is 38.8 Å². The summed E-state index contributed by atoms with van der Waals surface area (Å²) in [5, 5.41) is 17.1. The van der Waals surface area contributed by atoms with Gasteiger partial charge >= 0.3 is 0 Å². The second-order valence-corrected chi connectivity index (χ2v) is 6.03. The number of nitrogens with zero attached hydrogens (tertiary/aromatic N) is 4. The van der Waals surface area contributed by atoms with E-state index >= 15 is 0 Å². The average molecular weight is 325 g/mol. The van der Waals surface area contributed by atoms with Crippen molar-refractivity contribution in [3.63, 3.8) is 0 Å². The predicted octanol–water partition coefficient (Wildman–Crippen LogP) is 1.73. The molecule has 0 radical (unpaired) electrons. The largest absolute Gasteiger partial charge is 0.378 e. The summed E-state index contributed by atoms with van der Waals surface area (Å²) in [4.78, 5) is 2.34. The molecule has 6 nitrogen and oxygen atoms in total. The zero-order valence-electron chi connectivity index (χ0n) is 14.2. The molecule has 0 amide bonds. The SMILES string of the molecule is Cc1nn(C)c(N2CCOCC2)c1CNCc1cccc(C#N)c1. The first kappa shape index (κ1) is 16.5. The van der Waals surface area contributed by atoms with Crippen LogP contribution in [0.4, 0.5) is 5.82 Å².